The van der Waals surface area contributed by atoms with E-state index in [0.29, 0.717) is 5.56 Å². The molecule has 8 nitrogen and oxygen atoms in total. The van der Waals surface area contributed by atoms with Gasteiger partial charge in [-0.25, -0.2) is 23.9 Å². The van der Waals surface area contributed by atoms with E-state index < -0.39 is 45.4 Å². The number of hydroxylamine groups is 1. The Morgan fingerprint density at radius 1 is 1.06 bits per heavy atom. The number of benzene rings is 1. The first kappa shape index (κ1) is 25.9. The van der Waals surface area contributed by atoms with Crippen molar-refractivity contribution in [1.29, 1.82) is 0 Å². The van der Waals surface area contributed by atoms with Gasteiger partial charge in [0, 0.05) is 37.6 Å². The van der Waals surface area contributed by atoms with E-state index in [9.17, 15) is 35.2 Å². The van der Waals surface area contributed by atoms with E-state index in [0.717, 1.165) is 12.4 Å². The molecule has 186 valence electrons. The van der Waals surface area contributed by atoms with Gasteiger partial charge in [0.25, 0.3) is 5.91 Å². The van der Waals surface area contributed by atoms with E-state index in [2.05, 4.69) is 9.97 Å². The molecule has 0 spiro atoms. The first-order chi connectivity index (χ1) is 15.8. The third-order valence-corrected chi connectivity index (χ3v) is 8.12. The molecular weight excluding hydrogens is 489 g/mol. The molecule has 1 amide bonds. The van der Waals surface area contributed by atoms with Gasteiger partial charge in [0.05, 0.1) is 4.90 Å². The van der Waals surface area contributed by atoms with Crippen LogP contribution in [0.1, 0.15) is 24.8 Å². The molecule has 1 aliphatic rings. The van der Waals surface area contributed by atoms with Crippen molar-refractivity contribution in [1.82, 2.24) is 15.4 Å². The lowest BCUT2D eigenvalue weighted by Crippen LogP contribution is -2.54. The summed E-state index contributed by atoms with van der Waals surface area (Å²) in [6.07, 6.45) is -5.76. The van der Waals surface area contributed by atoms with Gasteiger partial charge in [-0.05, 0) is 49.1 Å². The van der Waals surface area contributed by atoms with Crippen LogP contribution in [0.4, 0.5) is 22.0 Å². The highest BCUT2D eigenvalue weighted by molar-refractivity contribution is 7.93. The molecule has 1 aliphatic heterocycles. The van der Waals surface area contributed by atoms with Gasteiger partial charge in [-0.3, -0.25) is 10.0 Å². The van der Waals surface area contributed by atoms with Gasteiger partial charge in [-0.1, -0.05) is 0 Å². The van der Waals surface area contributed by atoms with Gasteiger partial charge >= 0.3 is 12.1 Å². The van der Waals surface area contributed by atoms with Crippen LogP contribution in [-0.4, -0.2) is 59.6 Å². The largest absolute Gasteiger partial charge is 0.453 e. The van der Waals surface area contributed by atoms with Crippen molar-refractivity contribution in [2.45, 2.75) is 47.4 Å². The third kappa shape index (κ3) is 4.88. The normalized spacial score (nSPS) is 16.8. The zero-order valence-electron chi connectivity index (χ0n) is 17.5. The van der Waals surface area contributed by atoms with Crippen LogP contribution in [0.25, 0.3) is 11.4 Å². The molecule has 14 heteroatoms. The molecule has 0 radical (unpaired) electrons. The molecule has 2 heterocycles. The molecule has 1 saturated heterocycles. The number of hydrogen-bond acceptors (Lipinski definition) is 7. The summed E-state index contributed by atoms with van der Waals surface area (Å²) in [6, 6.07) is 5.19. The summed E-state index contributed by atoms with van der Waals surface area (Å²) in [5.74, 6) is -5.80. The minimum Gasteiger partial charge on any atom is -0.381 e. The SMILES string of the molecule is O=C(NO)C1(S(=O)(=O)c2ccc(-c3ncc(CCC(F)(F)C(F)(F)F)cn3)cc2)CCOCC1. The number of nitrogens with zero attached hydrogens (tertiary/aromatic N) is 2. The second kappa shape index (κ2) is 9.50. The summed E-state index contributed by atoms with van der Waals surface area (Å²) < 4.78 is 92.7. The van der Waals surface area contributed by atoms with Crippen molar-refractivity contribution in [3.63, 3.8) is 0 Å². The van der Waals surface area contributed by atoms with E-state index in [-0.39, 0.29) is 42.3 Å². The van der Waals surface area contributed by atoms with Crippen LogP contribution < -0.4 is 5.48 Å². The highest BCUT2D eigenvalue weighted by Crippen LogP contribution is 2.39. The minimum absolute atomic E-state index is 0.0137. The van der Waals surface area contributed by atoms with Crippen molar-refractivity contribution in [3.05, 3.63) is 42.2 Å². The summed E-state index contributed by atoms with van der Waals surface area (Å²) in [5, 5.41) is 9.08. The predicted octanol–water partition coefficient (Wildman–Crippen LogP) is 3.10. The molecule has 2 N–H and O–H groups in total. The maximum Gasteiger partial charge on any atom is 0.453 e. The number of ether oxygens (including phenoxy) is 1. The molecule has 0 bridgehead atoms. The summed E-state index contributed by atoms with van der Waals surface area (Å²) in [7, 11) is -4.23. The minimum atomic E-state index is -5.64. The second-order valence-electron chi connectivity index (χ2n) is 7.69. The quantitative estimate of drug-likeness (QED) is 0.335. The lowest BCUT2D eigenvalue weighted by Gasteiger charge is -2.34. The lowest BCUT2D eigenvalue weighted by molar-refractivity contribution is -0.284. The van der Waals surface area contributed by atoms with Crippen molar-refractivity contribution in [2.24, 2.45) is 0 Å². The van der Waals surface area contributed by atoms with Gasteiger partial charge in [-0.2, -0.15) is 22.0 Å². The number of halogens is 5. The van der Waals surface area contributed by atoms with E-state index in [1.54, 1.807) is 0 Å². The number of amides is 1. The highest BCUT2D eigenvalue weighted by Gasteiger charge is 2.56. The van der Waals surface area contributed by atoms with Crippen molar-refractivity contribution in [3.8, 4) is 11.4 Å². The van der Waals surface area contributed by atoms with E-state index in [1.165, 1.54) is 29.7 Å². The lowest BCUT2D eigenvalue weighted by atomic mass is 9.98. The third-order valence-electron chi connectivity index (χ3n) is 5.60. The van der Waals surface area contributed by atoms with Gasteiger partial charge < -0.3 is 4.74 Å². The maximum atomic E-state index is 13.2. The van der Waals surface area contributed by atoms with Crippen molar-refractivity contribution < 1.29 is 45.1 Å². The molecule has 3 rings (SSSR count). The number of carbonyl (C=O) groups is 1. The number of nitrogens with one attached hydrogen (secondary N) is 1. The van der Waals surface area contributed by atoms with Gasteiger partial charge in [0.15, 0.2) is 20.4 Å². The zero-order chi connectivity index (χ0) is 25.2. The smallest absolute Gasteiger partial charge is 0.381 e. The predicted molar refractivity (Wildman–Crippen MR) is 107 cm³/mol. The van der Waals surface area contributed by atoms with E-state index in [4.69, 9.17) is 9.94 Å². The Balaban J connectivity index is 1.78. The average Bonchev–Trinajstić information content (AvgIpc) is 2.82. The highest BCUT2D eigenvalue weighted by atomic mass is 32.2. The molecule has 0 unspecified atom stereocenters. The van der Waals surface area contributed by atoms with Gasteiger partial charge in [0.1, 0.15) is 0 Å². The average molecular weight is 509 g/mol. The topological polar surface area (TPSA) is 118 Å². The fourth-order valence-corrected chi connectivity index (χ4v) is 5.45. The first-order valence-electron chi connectivity index (χ1n) is 9.97. The Labute approximate surface area is 191 Å². The summed E-state index contributed by atoms with van der Waals surface area (Å²) in [6.45, 7) is 0.0274. The summed E-state index contributed by atoms with van der Waals surface area (Å²) >= 11 is 0. The Morgan fingerprint density at radius 2 is 1.62 bits per heavy atom. The Kier molecular flexibility index (Phi) is 7.24. The number of sulfone groups is 1. The molecule has 1 fully saturated rings. The monoisotopic (exact) mass is 509 g/mol. The van der Waals surface area contributed by atoms with Crippen LogP contribution >= 0.6 is 0 Å². The zero-order valence-corrected chi connectivity index (χ0v) is 18.3. The van der Waals surface area contributed by atoms with Crippen LogP contribution in [0, 0.1) is 0 Å². The number of aromatic nitrogens is 2. The molecule has 34 heavy (non-hydrogen) atoms. The van der Waals surface area contributed by atoms with Crippen LogP contribution in [0.5, 0.6) is 0 Å². The maximum absolute atomic E-state index is 13.2. The van der Waals surface area contributed by atoms with Gasteiger partial charge in [0.2, 0.25) is 0 Å². The van der Waals surface area contributed by atoms with Crippen LogP contribution in [0.15, 0.2) is 41.6 Å². The second-order valence-corrected chi connectivity index (χ2v) is 9.95. The van der Waals surface area contributed by atoms with E-state index in [1.807, 2.05) is 0 Å². The summed E-state index contributed by atoms with van der Waals surface area (Å²) in [4.78, 5) is 20.0. The molecule has 2 aromatic rings. The van der Waals surface area contributed by atoms with Crippen LogP contribution in [-0.2, 0) is 25.8 Å². The van der Waals surface area contributed by atoms with Crippen molar-refractivity contribution in [2.75, 3.05) is 13.2 Å². The fraction of sp³-hybridized carbons (Fsp3) is 0.450. The van der Waals surface area contributed by atoms with Crippen molar-refractivity contribution >= 4 is 15.7 Å². The Bertz CT molecular complexity index is 1120. The number of aryl methyl sites for hydroxylation is 1. The number of rotatable bonds is 7. The fourth-order valence-electron chi connectivity index (χ4n) is 3.51. The molecule has 1 aromatic heterocycles. The summed E-state index contributed by atoms with van der Waals surface area (Å²) in [5.41, 5.74) is 1.84. The molecule has 1 aromatic carbocycles. The van der Waals surface area contributed by atoms with Crippen LogP contribution in [0.2, 0.25) is 0 Å². The Hall–Kier alpha value is -2.71. The molecule has 0 saturated carbocycles. The number of hydrogen-bond donors (Lipinski definition) is 2. The number of alkyl halides is 5. The van der Waals surface area contributed by atoms with Crippen LogP contribution in [0.3, 0.4) is 0 Å². The van der Waals surface area contributed by atoms with Gasteiger partial charge in [-0.15, -0.1) is 0 Å². The molecular formula is C20H20F5N3O5S. The number of carbonyl (C=O) groups excluding carboxylic acids is 1. The molecule has 0 aliphatic carbocycles. The first-order valence-corrected chi connectivity index (χ1v) is 11.5. The Morgan fingerprint density at radius 3 is 2.12 bits per heavy atom. The standard InChI is InChI=1S/C20H20F5N3O5S/c21-19(22,20(23,24)25)6-5-13-11-26-16(27-12-13)14-1-3-15(4-2-14)34(31,32)18(17(29)28-30)7-9-33-10-8-18/h1-4,11-12,30H,5-10H2,(H,28,29). The molecule has 0 atom stereocenters. The van der Waals surface area contributed by atoms with E-state index >= 15 is 0 Å².